The highest BCUT2D eigenvalue weighted by Crippen LogP contribution is 2.25. The Kier molecular flexibility index (Phi) is 4.78. The van der Waals surface area contributed by atoms with E-state index in [2.05, 4.69) is 5.32 Å². The number of phenolic OH excluding ortho intramolecular Hbond substituents is 1. The van der Waals surface area contributed by atoms with Crippen LogP contribution in [0.15, 0.2) is 18.2 Å². The van der Waals surface area contributed by atoms with Crippen LogP contribution in [0.5, 0.6) is 5.75 Å². The van der Waals surface area contributed by atoms with Gasteiger partial charge in [-0.15, -0.1) is 0 Å². The molecule has 1 aliphatic heterocycles. The number of thioether (sulfide) groups is 1. The van der Waals surface area contributed by atoms with E-state index < -0.39 is 0 Å². The molecule has 0 aliphatic carbocycles. The molecule has 1 fully saturated rings. The molecule has 1 aliphatic rings. The number of aromatic hydroxyl groups is 1. The zero-order chi connectivity index (χ0) is 13.0. The van der Waals surface area contributed by atoms with Crippen LogP contribution in [0.3, 0.4) is 0 Å². The molecule has 0 bridgehead atoms. The zero-order valence-corrected chi connectivity index (χ0v) is 11.6. The molecule has 1 amide bonds. The minimum absolute atomic E-state index is 0.0341. The molecule has 98 valence electrons. The fraction of sp³-hybridized carbons (Fsp3) is 0.462. The van der Waals surface area contributed by atoms with E-state index in [4.69, 9.17) is 11.6 Å². The van der Waals surface area contributed by atoms with Gasteiger partial charge in [-0.1, -0.05) is 18.0 Å². The number of hydrogen-bond acceptors (Lipinski definition) is 3. The maximum absolute atomic E-state index is 11.9. The Morgan fingerprint density at radius 1 is 1.50 bits per heavy atom. The van der Waals surface area contributed by atoms with Gasteiger partial charge < -0.3 is 10.4 Å². The molecule has 2 rings (SSSR count). The highest BCUT2D eigenvalue weighted by molar-refractivity contribution is 7.99. The number of benzene rings is 1. The second kappa shape index (κ2) is 6.34. The van der Waals surface area contributed by atoms with E-state index in [1.807, 2.05) is 11.8 Å². The summed E-state index contributed by atoms with van der Waals surface area (Å²) in [5.74, 6) is 0.873. The minimum Gasteiger partial charge on any atom is -0.507 e. The Morgan fingerprint density at radius 2 is 2.33 bits per heavy atom. The second-order valence-corrected chi connectivity index (χ2v) is 6.20. The van der Waals surface area contributed by atoms with Crippen LogP contribution in [0.2, 0.25) is 5.02 Å². The van der Waals surface area contributed by atoms with Gasteiger partial charge in [0.15, 0.2) is 0 Å². The molecule has 1 aromatic carbocycles. The number of nitrogens with one attached hydrogen (secondary N) is 1. The summed E-state index contributed by atoms with van der Waals surface area (Å²) in [6, 6.07) is 4.48. The summed E-state index contributed by atoms with van der Waals surface area (Å²) in [5.41, 5.74) is 0.239. The van der Waals surface area contributed by atoms with Crippen LogP contribution in [-0.4, -0.2) is 28.6 Å². The zero-order valence-electron chi connectivity index (χ0n) is 9.99. The topological polar surface area (TPSA) is 49.3 Å². The summed E-state index contributed by atoms with van der Waals surface area (Å²) in [6.45, 7) is 0.648. The fourth-order valence-corrected chi connectivity index (χ4v) is 3.37. The number of carbonyl (C=O) groups is 1. The maximum atomic E-state index is 11.9. The van der Waals surface area contributed by atoms with E-state index in [1.165, 1.54) is 30.7 Å². The first-order chi connectivity index (χ1) is 8.66. The van der Waals surface area contributed by atoms with Gasteiger partial charge in [0.2, 0.25) is 0 Å². The van der Waals surface area contributed by atoms with Crippen LogP contribution in [0.1, 0.15) is 29.6 Å². The van der Waals surface area contributed by atoms with Gasteiger partial charge in [-0.2, -0.15) is 11.8 Å². The van der Waals surface area contributed by atoms with Crippen molar-refractivity contribution >= 4 is 29.3 Å². The largest absolute Gasteiger partial charge is 0.507 e. The Labute approximate surface area is 116 Å². The number of rotatable bonds is 3. The lowest BCUT2D eigenvalue weighted by Crippen LogP contribution is -2.31. The molecule has 0 saturated carbocycles. The van der Waals surface area contributed by atoms with Gasteiger partial charge in [-0.25, -0.2) is 0 Å². The van der Waals surface area contributed by atoms with Crippen molar-refractivity contribution in [1.29, 1.82) is 0 Å². The van der Waals surface area contributed by atoms with Gasteiger partial charge in [0.05, 0.1) is 5.56 Å². The molecular weight excluding hydrogens is 270 g/mol. The van der Waals surface area contributed by atoms with E-state index in [9.17, 15) is 9.90 Å². The maximum Gasteiger partial charge on any atom is 0.255 e. The molecule has 5 heteroatoms. The number of amides is 1. The number of hydrogen-bond donors (Lipinski definition) is 2. The molecule has 0 radical (unpaired) electrons. The number of halogens is 1. The summed E-state index contributed by atoms with van der Waals surface area (Å²) in [7, 11) is 0. The summed E-state index contributed by atoms with van der Waals surface area (Å²) in [6.07, 6.45) is 3.65. The van der Waals surface area contributed by atoms with Crippen molar-refractivity contribution in [3.63, 3.8) is 0 Å². The third-order valence-electron chi connectivity index (χ3n) is 2.97. The van der Waals surface area contributed by atoms with Gasteiger partial charge in [0.25, 0.3) is 5.91 Å². The molecule has 1 aromatic rings. The predicted molar refractivity (Wildman–Crippen MR) is 75.5 cm³/mol. The second-order valence-electron chi connectivity index (χ2n) is 4.36. The van der Waals surface area contributed by atoms with Crippen molar-refractivity contribution in [1.82, 2.24) is 5.32 Å². The van der Waals surface area contributed by atoms with E-state index >= 15 is 0 Å². The quantitative estimate of drug-likeness (QED) is 0.897. The molecule has 1 saturated heterocycles. The molecule has 0 spiro atoms. The van der Waals surface area contributed by atoms with E-state index in [1.54, 1.807) is 6.07 Å². The molecular formula is C13H16ClNO2S. The standard InChI is InChI=1S/C13H16ClNO2S/c14-9-4-5-12(16)11(7-9)13(17)15-8-10-3-1-2-6-18-10/h4-5,7,10,16H,1-3,6,8H2,(H,15,17). The summed E-state index contributed by atoms with van der Waals surface area (Å²) >= 11 is 7.72. The highest BCUT2D eigenvalue weighted by Gasteiger charge is 2.16. The molecule has 1 unspecified atom stereocenters. The van der Waals surface area contributed by atoms with Crippen molar-refractivity contribution < 1.29 is 9.90 Å². The Morgan fingerprint density at radius 3 is 3.06 bits per heavy atom. The molecule has 1 heterocycles. The Bertz CT molecular complexity index is 433. The third kappa shape index (κ3) is 3.56. The predicted octanol–water partition coefficient (Wildman–Crippen LogP) is 3.06. The molecule has 2 N–H and O–H groups in total. The van der Waals surface area contributed by atoms with E-state index in [0.717, 1.165) is 6.42 Å². The number of phenols is 1. The van der Waals surface area contributed by atoms with Crippen LogP contribution >= 0.6 is 23.4 Å². The van der Waals surface area contributed by atoms with Crippen LogP contribution in [-0.2, 0) is 0 Å². The van der Waals surface area contributed by atoms with Gasteiger partial charge in [0, 0.05) is 16.8 Å². The lowest BCUT2D eigenvalue weighted by molar-refractivity contribution is 0.0950. The third-order valence-corrected chi connectivity index (χ3v) is 4.60. The van der Waals surface area contributed by atoms with Crippen LogP contribution in [0, 0.1) is 0 Å². The highest BCUT2D eigenvalue weighted by atomic mass is 35.5. The Hall–Kier alpha value is -0.870. The van der Waals surface area contributed by atoms with Crippen LogP contribution in [0.4, 0.5) is 0 Å². The average Bonchev–Trinajstić information content (AvgIpc) is 2.40. The van der Waals surface area contributed by atoms with E-state index in [0.29, 0.717) is 16.8 Å². The van der Waals surface area contributed by atoms with Crippen molar-refractivity contribution in [2.24, 2.45) is 0 Å². The van der Waals surface area contributed by atoms with Crippen molar-refractivity contribution in [2.75, 3.05) is 12.3 Å². The first kappa shape index (κ1) is 13.6. The summed E-state index contributed by atoms with van der Waals surface area (Å²) in [5, 5.41) is 13.4. The molecule has 0 aromatic heterocycles. The fourth-order valence-electron chi connectivity index (χ4n) is 1.96. The van der Waals surface area contributed by atoms with Gasteiger partial charge in [0.1, 0.15) is 5.75 Å². The van der Waals surface area contributed by atoms with Crippen LogP contribution in [0.25, 0.3) is 0 Å². The van der Waals surface area contributed by atoms with Crippen LogP contribution < -0.4 is 5.32 Å². The summed E-state index contributed by atoms with van der Waals surface area (Å²) in [4.78, 5) is 11.9. The molecule has 18 heavy (non-hydrogen) atoms. The summed E-state index contributed by atoms with van der Waals surface area (Å²) < 4.78 is 0. The Balaban J connectivity index is 1.92. The first-order valence-corrected chi connectivity index (χ1v) is 7.48. The molecule has 1 atom stereocenters. The van der Waals surface area contributed by atoms with Crippen molar-refractivity contribution in [3.05, 3.63) is 28.8 Å². The first-order valence-electron chi connectivity index (χ1n) is 6.05. The van der Waals surface area contributed by atoms with Crippen molar-refractivity contribution in [2.45, 2.75) is 24.5 Å². The molecule has 3 nitrogen and oxygen atoms in total. The minimum atomic E-state index is -0.263. The lowest BCUT2D eigenvalue weighted by atomic mass is 10.1. The monoisotopic (exact) mass is 285 g/mol. The number of carbonyl (C=O) groups excluding carboxylic acids is 1. The van der Waals surface area contributed by atoms with Crippen molar-refractivity contribution in [3.8, 4) is 5.75 Å². The lowest BCUT2D eigenvalue weighted by Gasteiger charge is -2.21. The van der Waals surface area contributed by atoms with E-state index in [-0.39, 0.29) is 17.2 Å². The van der Waals surface area contributed by atoms with Gasteiger partial charge in [-0.05, 0) is 36.8 Å². The smallest absolute Gasteiger partial charge is 0.255 e. The average molecular weight is 286 g/mol. The normalized spacial score (nSPS) is 19.5. The SMILES string of the molecule is O=C(NCC1CCCCS1)c1cc(Cl)ccc1O. The van der Waals surface area contributed by atoms with Gasteiger partial charge in [-0.3, -0.25) is 4.79 Å². The van der Waals surface area contributed by atoms with Gasteiger partial charge >= 0.3 is 0 Å².